The molecule has 1 saturated carbocycles. The maximum atomic E-state index is 11.4. The Morgan fingerprint density at radius 1 is 1.40 bits per heavy atom. The molecule has 0 aliphatic heterocycles. The quantitative estimate of drug-likeness (QED) is 0.732. The molecule has 0 aromatic heterocycles. The molecule has 1 aliphatic carbocycles. The van der Waals surface area contributed by atoms with Crippen LogP contribution in [0.1, 0.15) is 45.4 Å². The third-order valence-corrected chi connectivity index (χ3v) is 4.00. The Labute approximate surface area is 92.5 Å². The molecular formula is C12H23NO2. The van der Waals surface area contributed by atoms with Crippen LogP contribution in [0.15, 0.2) is 0 Å². The predicted octanol–water partition coefficient (Wildman–Crippen LogP) is 2.36. The first-order chi connectivity index (χ1) is 7.03. The van der Waals surface area contributed by atoms with E-state index in [1.165, 1.54) is 12.8 Å². The molecule has 1 fully saturated rings. The standard InChI is InChI=1S/C12H23NO2/c1-4-10-6-5-8-12(9-7-10,11(14)15)13(2)3/h10H,4-9H2,1-3H3,(H,14,15). The highest BCUT2D eigenvalue weighted by molar-refractivity contribution is 5.78. The molecule has 3 heteroatoms. The normalized spacial score (nSPS) is 32.7. The van der Waals surface area contributed by atoms with Gasteiger partial charge in [0.1, 0.15) is 5.54 Å². The highest BCUT2D eigenvalue weighted by atomic mass is 16.4. The summed E-state index contributed by atoms with van der Waals surface area (Å²) >= 11 is 0. The minimum Gasteiger partial charge on any atom is -0.480 e. The summed E-state index contributed by atoms with van der Waals surface area (Å²) in [6.45, 7) is 2.20. The first kappa shape index (κ1) is 12.5. The fraction of sp³-hybridized carbons (Fsp3) is 0.917. The average Bonchev–Trinajstić information content (AvgIpc) is 2.39. The molecule has 0 aromatic carbocycles. The van der Waals surface area contributed by atoms with Crippen LogP contribution in [0.5, 0.6) is 0 Å². The number of hydrogen-bond acceptors (Lipinski definition) is 2. The highest BCUT2D eigenvalue weighted by Gasteiger charge is 2.41. The van der Waals surface area contributed by atoms with Crippen LogP contribution >= 0.6 is 0 Å². The van der Waals surface area contributed by atoms with Crippen molar-refractivity contribution in [2.75, 3.05) is 14.1 Å². The van der Waals surface area contributed by atoms with Gasteiger partial charge in [-0.15, -0.1) is 0 Å². The minimum atomic E-state index is -0.649. The summed E-state index contributed by atoms with van der Waals surface area (Å²) < 4.78 is 0. The van der Waals surface area contributed by atoms with Crippen LogP contribution in [0.2, 0.25) is 0 Å². The van der Waals surface area contributed by atoms with Crippen LogP contribution < -0.4 is 0 Å². The van der Waals surface area contributed by atoms with E-state index in [2.05, 4.69) is 6.92 Å². The van der Waals surface area contributed by atoms with Crippen molar-refractivity contribution in [1.29, 1.82) is 0 Å². The van der Waals surface area contributed by atoms with Crippen molar-refractivity contribution in [3.63, 3.8) is 0 Å². The van der Waals surface area contributed by atoms with Crippen molar-refractivity contribution >= 4 is 5.97 Å². The monoisotopic (exact) mass is 213 g/mol. The van der Waals surface area contributed by atoms with Gasteiger partial charge in [-0.05, 0) is 39.3 Å². The van der Waals surface area contributed by atoms with Crippen molar-refractivity contribution in [2.45, 2.75) is 51.0 Å². The van der Waals surface area contributed by atoms with E-state index in [4.69, 9.17) is 0 Å². The zero-order chi connectivity index (χ0) is 11.5. The second kappa shape index (κ2) is 4.97. The zero-order valence-electron chi connectivity index (χ0n) is 10.1. The lowest BCUT2D eigenvalue weighted by molar-refractivity contribution is -0.151. The van der Waals surface area contributed by atoms with Gasteiger partial charge in [0, 0.05) is 0 Å². The Hall–Kier alpha value is -0.570. The molecule has 88 valence electrons. The molecule has 0 radical (unpaired) electrons. The molecule has 2 unspecified atom stereocenters. The summed E-state index contributed by atoms with van der Waals surface area (Å²) in [5, 5.41) is 9.40. The maximum absolute atomic E-state index is 11.4. The molecule has 0 bridgehead atoms. The highest BCUT2D eigenvalue weighted by Crippen LogP contribution is 2.35. The molecule has 1 aliphatic rings. The molecule has 1 N–H and O–H groups in total. The van der Waals surface area contributed by atoms with Crippen LogP contribution in [0.4, 0.5) is 0 Å². The Morgan fingerprint density at radius 3 is 2.53 bits per heavy atom. The number of aliphatic carboxylic acids is 1. The van der Waals surface area contributed by atoms with Crippen LogP contribution in [-0.2, 0) is 4.79 Å². The number of likely N-dealkylation sites (N-methyl/N-ethyl adjacent to an activating group) is 1. The van der Waals surface area contributed by atoms with Gasteiger partial charge in [0.05, 0.1) is 0 Å². The molecule has 15 heavy (non-hydrogen) atoms. The Bertz CT molecular complexity index is 228. The van der Waals surface area contributed by atoms with Crippen molar-refractivity contribution in [2.24, 2.45) is 5.92 Å². The largest absolute Gasteiger partial charge is 0.480 e. The SMILES string of the molecule is CCC1CCCC(C(=O)O)(N(C)C)CC1. The number of carbonyl (C=O) groups is 1. The third-order valence-electron chi connectivity index (χ3n) is 4.00. The van der Waals surface area contributed by atoms with Gasteiger partial charge in [-0.2, -0.15) is 0 Å². The third kappa shape index (κ3) is 2.51. The van der Waals surface area contributed by atoms with E-state index >= 15 is 0 Å². The van der Waals surface area contributed by atoms with E-state index in [1.54, 1.807) is 0 Å². The molecule has 0 amide bonds. The van der Waals surface area contributed by atoms with Gasteiger partial charge in [0.2, 0.25) is 0 Å². The van der Waals surface area contributed by atoms with Gasteiger partial charge in [-0.25, -0.2) is 0 Å². The summed E-state index contributed by atoms with van der Waals surface area (Å²) in [6, 6.07) is 0. The summed E-state index contributed by atoms with van der Waals surface area (Å²) in [4.78, 5) is 13.3. The van der Waals surface area contributed by atoms with E-state index in [9.17, 15) is 9.90 Å². The van der Waals surface area contributed by atoms with Crippen molar-refractivity contribution < 1.29 is 9.90 Å². The number of carboxylic acid groups (broad SMARTS) is 1. The number of nitrogens with zero attached hydrogens (tertiary/aromatic N) is 1. The fourth-order valence-corrected chi connectivity index (χ4v) is 2.66. The van der Waals surface area contributed by atoms with E-state index < -0.39 is 11.5 Å². The number of carboxylic acids is 1. The second-order valence-electron chi connectivity index (χ2n) is 4.94. The van der Waals surface area contributed by atoms with Crippen LogP contribution in [0.25, 0.3) is 0 Å². The van der Waals surface area contributed by atoms with Gasteiger partial charge in [0.15, 0.2) is 0 Å². The number of rotatable bonds is 3. The lowest BCUT2D eigenvalue weighted by Crippen LogP contribution is -2.50. The molecule has 0 aromatic rings. The van der Waals surface area contributed by atoms with Crippen molar-refractivity contribution in [1.82, 2.24) is 4.90 Å². The van der Waals surface area contributed by atoms with Crippen LogP contribution in [0, 0.1) is 5.92 Å². The molecule has 0 heterocycles. The van der Waals surface area contributed by atoms with Gasteiger partial charge in [0.25, 0.3) is 0 Å². The molecule has 2 atom stereocenters. The van der Waals surface area contributed by atoms with Crippen molar-refractivity contribution in [3.05, 3.63) is 0 Å². The van der Waals surface area contributed by atoms with Gasteiger partial charge < -0.3 is 5.11 Å². The van der Waals surface area contributed by atoms with Crippen LogP contribution in [-0.4, -0.2) is 35.6 Å². The lowest BCUT2D eigenvalue weighted by atomic mass is 9.88. The summed E-state index contributed by atoms with van der Waals surface area (Å²) in [5.41, 5.74) is -0.607. The first-order valence-electron chi connectivity index (χ1n) is 5.93. The zero-order valence-corrected chi connectivity index (χ0v) is 10.1. The topological polar surface area (TPSA) is 40.5 Å². The fourth-order valence-electron chi connectivity index (χ4n) is 2.66. The molecule has 1 rings (SSSR count). The summed E-state index contributed by atoms with van der Waals surface area (Å²) in [5.74, 6) is 0.0791. The van der Waals surface area contributed by atoms with E-state index in [-0.39, 0.29) is 0 Å². The smallest absolute Gasteiger partial charge is 0.324 e. The Balaban J connectivity index is 2.78. The molecule has 0 spiro atoms. The predicted molar refractivity (Wildman–Crippen MR) is 60.9 cm³/mol. The number of hydrogen-bond donors (Lipinski definition) is 1. The van der Waals surface area contributed by atoms with Crippen molar-refractivity contribution in [3.8, 4) is 0 Å². The molecule has 0 saturated heterocycles. The average molecular weight is 213 g/mol. The van der Waals surface area contributed by atoms with Crippen LogP contribution in [0.3, 0.4) is 0 Å². The van der Waals surface area contributed by atoms with E-state index in [0.717, 1.165) is 31.6 Å². The Kier molecular flexibility index (Phi) is 4.14. The first-order valence-corrected chi connectivity index (χ1v) is 5.93. The summed E-state index contributed by atoms with van der Waals surface area (Å²) in [6.07, 6.45) is 6.08. The maximum Gasteiger partial charge on any atom is 0.324 e. The second-order valence-corrected chi connectivity index (χ2v) is 4.94. The van der Waals surface area contributed by atoms with E-state index in [1.807, 2.05) is 19.0 Å². The van der Waals surface area contributed by atoms with Gasteiger partial charge >= 0.3 is 5.97 Å². The Morgan fingerprint density at radius 2 is 2.07 bits per heavy atom. The summed E-state index contributed by atoms with van der Waals surface area (Å²) in [7, 11) is 3.78. The molecule has 3 nitrogen and oxygen atoms in total. The minimum absolute atomic E-state index is 0.607. The molecular weight excluding hydrogens is 190 g/mol. The lowest BCUT2D eigenvalue weighted by Gasteiger charge is -2.35. The van der Waals surface area contributed by atoms with E-state index in [0.29, 0.717) is 0 Å². The van der Waals surface area contributed by atoms with Gasteiger partial charge in [-0.3, -0.25) is 9.69 Å². The van der Waals surface area contributed by atoms with Gasteiger partial charge in [-0.1, -0.05) is 26.2 Å².